The number of aliphatic hydroxyl groups is 1. The number of amides is 1. The first-order chi connectivity index (χ1) is 8.37. The molecular weight excluding hydrogens is 246 g/mol. The number of aliphatic hydroxyl groups excluding tert-OH is 1. The molecule has 0 aliphatic carbocycles. The largest absolute Gasteiger partial charge is 0.388 e. The minimum absolute atomic E-state index is 0.148. The molecule has 2 rings (SSSR count). The van der Waals surface area contributed by atoms with Gasteiger partial charge in [0.1, 0.15) is 6.10 Å². The number of carbonyl (C=O) groups is 1. The van der Waals surface area contributed by atoms with Gasteiger partial charge in [0.15, 0.2) is 0 Å². The molecule has 1 amide bonds. The number of nitrogens with one attached hydrogen (secondary N) is 1. The van der Waals surface area contributed by atoms with E-state index in [1.165, 1.54) is 6.92 Å². The molecule has 0 aromatic carbocycles. The number of halogens is 2. The Morgan fingerprint density at radius 1 is 1.61 bits per heavy atom. The Morgan fingerprint density at radius 2 is 2.33 bits per heavy atom. The van der Waals surface area contributed by atoms with E-state index in [1.807, 2.05) is 0 Å². The van der Waals surface area contributed by atoms with Crippen LogP contribution in [-0.2, 0) is 9.53 Å². The van der Waals surface area contributed by atoms with Gasteiger partial charge in [0.05, 0.1) is 25.3 Å². The summed E-state index contributed by atoms with van der Waals surface area (Å²) in [6, 6.07) is -0.449. The van der Waals surface area contributed by atoms with Gasteiger partial charge in [-0.3, -0.25) is 9.69 Å². The van der Waals surface area contributed by atoms with Gasteiger partial charge in [-0.25, -0.2) is 8.78 Å². The number of carbonyl (C=O) groups excluding carboxylic acids is 1. The summed E-state index contributed by atoms with van der Waals surface area (Å²) in [7, 11) is 0. The van der Waals surface area contributed by atoms with Gasteiger partial charge in [0, 0.05) is 26.4 Å². The Balaban J connectivity index is 1.83. The highest BCUT2D eigenvalue weighted by molar-refractivity contribution is 5.73. The summed E-state index contributed by atoms with van der Waals surface area (Å²) in [5, 5.41) is 12.5. The van der Waals surface area contributed by atoms with E-state index >= 15 is 0 Å². The Morgan fingerprint density at radius 3 is 2.89 bits per heavy atom. The average Bonchev–Trinajstić information content (AvgIpc) is 2.75. The third-order valence-electron chi connectivity index (χ3n) is 3.36. The van der Waals surface area contributed by atoms with Crippen molar-refractivity contribution in [2.45, 2.75) is 37.5 Å². The number of rotatable bonds is 3. The van der Waals surface area contributed by atoms with Crippen molar-refractivity contribution in [1.82, 2.24) is 10.2 Å². The lowest BCUT2D eigenvalue weighted by atomic mass is 10.1. The Bertz CT molecular complexity index is 327. The van der Waals surface area contributed by atoms with Crippen molar-refractivity contribution < 1.29 is 23.4 Å². The first-order valence-corrected chi connectivity index (χ1v) is 6.04. The van der Waals surface area contributed by atoms with Crippen LogP contribution in [0.25, 0.3) is 0 Å². The summed E-state index contributed by atoms with van der Waals surface area (Å²) in [6.45, 7) is 1.87. The van der Waals surface area contributed by atoms with E-state index < -0.39 is 24.2 Å². The lowest BCUT2D eigenvalue weighted by molar-refractivity contribution is -0.120. The Kier molecular flexibility index (Phi) is 3.84. The maximum atomic E-state index is 13.0. The van der Waals surface area contributed by atoms with Crippen LogP contribution < -0.4 is 5.32 Å². The lowest BCUT2D eigenvalue weighted by Crippen LogP contribution is -2.46. The molecule has 2 heterocycles. The summed E-state index contributed by atoms with van der Waals surface area (Å²) in [6.07, 6.45) is -1.51. The van der Waals surface area contributed by atoms with Crippen LogP contribution in [0.3, 0.4) is 0 Å². The topological polar surface area (TPSA) is 61.8 Å². The molecule has 3 unspecified atom stereocenters. The second-order valence-corrected chi connectivity index (χ2v) is 5.01. The van der Waals surface area contributed by atoms with Gasteiger partial charge >= 0.3 is 0 Å². The Labute approximate surface area is 104 Å². The summed E-state index contributed by atoms with van der Waals surface area (Å²) in [5.74, 6) is -2.88. The molecule has 18 heavy (non-hydrogen) atoms. The van der Waals surface area contributed by atoms with Crippen LogP contribution in [0, 0.1) is 0 Å². The molecule has 0 aromatic heterocycles. The highest BCUT2D eigenvalue weighted by Crippen LogP contribution is 2.28. The molecule has 104 valence electrons. The van der Waals surface area contributed by atoms with E-state index in [9.17, 15) is 18.7 Å². The van der Waals surface area contributed by atoms with Gasteiger partial charge in [-0.2, -0.15) is 0 Å². The highest BCUT2D eigenvalue weighted by Gasteiger charge is 2.42. The fourth-order valence-electron chi connectivity index (χ4n) is 2.45. The van der Waals surface area contributed by atoms with E-state index in [1.54, 1.807) is 4.90 Å². The molecule has 2 fully saturated rings. The molecule has 0 saturated carbocycles. The molecule has 3 atom stereocenters. The predicted octanol–water partition coefficient (Wildman–Crippen LogP) is -0.408. The first kappa shape index (κ1) is 13.6. The third-order valence-corrected chi connectivity index (χ3v) is 3.36. The maximum absolute atomic E-state index is 13.0. The van der Waals surface area contributed by atoms with E-state index in [0.717, 1.165) is 0 Å². The smallest absolute Gasteiger partial charge is 0.261 e. The van der Waals surface area contributed by atoms with Crippen molar-refractivity contribution >= 4 is 5.91 Å². The molecule has 7 heteroatoms. The van der Waals surface area contributed by atoms with E-state index in [0.29, 0.717) is 6.54 Å². The van der Waals surface area contributed by atoms with Gasteiger partial charge in [0.2, 0.25) is 5.91 Å². The molecule has 2 N–H and O–H groups in total. The van der Waals surface area contributed by atoms with Gasteiger partial charge in [-0.15, -0.1) is 0 Å². The van der Waals surface area contributed by atoms with Crippen molar-refractivity contribution in [3.8, 4) is 0 Å². The zero-order valence-electron chi connectivity index (χ0n) is 10.2. The minimum atomic E-state index is -2.64. The van der Waals surface area contributed by atoms with Crippen LogP contribution in [0.5, 0.6) is 0 Å². The number of hydrogen-bond donors (Lipinski definition) is 2. The van der Waals surface area contributed by atoms with Crippen LogP contribution in [0.2, 0.25) is 0 Å². The van der Waals surface area contributed by atoms with E-state index in [4.69, 9.17) is 4.74 Å². The molecule has 2 saturated heterocycles. The normalized spacial score (nSPS) is 35.9. The monoisotopic (exact) mass is 264 g/mol. The fraction of sp³-hybridized carbons (Fsp3) is 0.909. The van der Waals surface area contributed by atoms with Crippen LogP contribution in [0.4, 0.5) is 8.78 Å². The van der Waals surface area contributed by atoms with E-state index in [-0.39, 0.29) is 32.0 Å². The van der Waals surface area contributed by atoms with E-state index in [2.05, 4.69) is 5.32 Å². The van der Waals surface area contributed by atoms with Crippen LogP contribution in [-0.4, -0.2) is 66.3 Å². The van der Waals surface area contributed by atoms with Crippen LogP contribution >= 0.6 is 0 Å². The second-order valence-electron chi connectivity index (χ2n) is 5.01. The quantitative estimate of drug-likeness (QED) is 0.727. The number of ether oxygens (including phenoxy) is 1. The number of alkyl halides is 2. The van der Waals surface area contributed by atoms with Crippen LogP contribution in [0.1, 0.15) is 13.3 Å². The molecule has 0 radical (unpaired) electrons. The fourth-order valence-corrected chi connectivity index (χ4v) is 2.45. The SMILES string of the molecule is CC(=O)NC1COC(CN2CCC(F)(F)C2)C1O. The van der Waals surface area contributed by atoms with Crippen LogP contribution in [0.15, 0.2) is 0 Å². The zero-order chi connectivity index (χ0) is 13.3. The number of likely N-dealkylation sites (tertiary alicyclic amines) is 1. The highest BCUT2D eigenvalue weighted by atomic mass is 19.3. The zero-order valence-corrected chi connectivity index (χ0v) is 10.2. The van der Waals surface area contributed by atoms with Gasteiger partial charge < -0.3 is 15.2 Å². The van der Waals surface area contributed by atoms with Gasteiger partial charge in [0.25, 0.3) is 5.92 Å². The first-order valence-electron chi connectivity index (χ1n) is 6.04. The molecule has 5 nitrogen and oxygen atoms in total. The molecule has 2 aliphatic heterocycles. The molecule has 0 spiro atoms. The second kappa shape index (κ2) is 5.07. The van der Waals surface area contributed by atoms with Crippen molar-refractivity contribution in [3.63, 3.8) is 0 Å². The summed E-state index contributed by atoms with van der Waals surface area (Å²) in [4.78, 5) is 12.5. The maximum Gasteiger partial charge on any atom is 0.261 e. The molecule has 0 bridgehead atoms. The Hall–Kier alpha value is -0.790. The number of hydrogen-bond acceptors (Lipinski definition) is 4. The van der Waals surface area contributed by atoms with Crippen molar-refractivity contribution in [3.05, 3.63) is 0 Å². The van der Waals surface area contributed by atoms with Crippen molar-refractivity contribution in [1.29, 1.82) is 0 Å². The minimum Gasteiger partial charge on any atom is -0.388 e. The molecule has 0 aromatic rings. The predicted molar refractivity (Wildman–Crippen MR) is 59.4 cm³/mol. The molecular formula is C11H18F2N2O3. The number of nitrogens with zero attached hydrogens (tertiary/aromatic N) is 1. The molecule has 2 aliphatic rings. The summed E-state index contributed by atoms with van der Waals surface area (Å²) < 4.78 is 31.4. The van der Waals surface area contributed by atoms with Gasteiger partial charge in [-0.05, 0) is 0 Å². The average molecular weight is 264 g/mol. The van der Waals surface area contributed by atoms with Crippen molar-refractivity contribution in [2.24, 2.45) is 0 Å². The lowest BCUT2D eigenvalue weighted by Gasteiger charge is -2.23. The van der Waals surface area contributed by atoms with Crippen molar-refractivity contribution in [2.75, 3.05) is 26.2 Å². The summed E-state index contributed by atoms with van der Waals surface area (Å²) in [5.41, 5.74) is 0. The summed E-state index contributed by atoms with van der Waals surface area (Å²) >= 11 is 0. The standard InChI is InChI=1S/C11H18F2N2O3/c1-7(16)14-8-5-18-9(10(8)17)4-15-3-2-11(12,13)6-15/h8-10,17H,2-6H2,1H3,(H,14,16). The third kappa shape index (κ3) is 3.15. The van der Waals surface area contributed by atoms with Gasteiger partial charge in [-0.1, -0.05) is 0 Å².